The molecule has 1 heterocycles. The molecular weight excluding hydrogens is 298 g/mol. The Morgan fingerprint density at radius 2 is 1.74 bits per heavy atom. The van der Waals surface area contributed by atoms with E-state index in [2.05, 4.69) is 10.2 Å². The van der Waals surface area contributed by atoms with Crippen LogP contribution in [-0.4, -0.2) is 26.6 Å². The normalized spacial score (nSPS) is 13.6. The average Bonchev–Trinajstić information content (AvgIpc) is 2.67. The van der Waals surface area contributed by atoms with Crippen LogP contribution in [-0.2, 0) is 6.42 Å². The number of hydrogen-bond donors (Lipinski definition) is 2. The predicted octanol–water partition coefficient (Wildman–Crippen LogP) is 2.78. The molecule has 0 fully saturated rings. The summed E-state index contributed by atoms with van der Waals surface area (Å²) in [5, 5.41) is 38.6. The Kier molecular flexibility index (Phi) is 3.53. The van der Waals surface area contributed by atoms with Crippen LogP contribution < -0.4 is 0 Å². The summed E-state index contributed by atoms with van der Waals surface area (Å²) in [4.78, 5) is 10.3. The summed E-state index contributed by atoms with van der Waals surface area (Å²) >= 11 is 0. The lowest BCUT2D eigenvalue weighted by molar-refractivity contribution is -0.384. The highest BCUT2D eigenvalue weighted by molar-refractivity contribution is 6.15. The van der Waals surface area contributed by atoms with Crippen LogP contribution in [0.15, 0.2) is 46.6 Å². The molecule has 2 aromatic carbocycles. The Bertz CT molecular complexity index is 854. The van der Waals surface area contributed by atoms with Crippen molar-refractivity contribution in [2.75, 3.05) is 0 Å². The lowest BCUT2D eigenvalue weighted by Gasteiger charge is -2.11. The van der Waals surface area contributed by atoms with Gasteiger partial charge in [0, 0.05) is 35.4 Å². The highest BCUT2D eigenvalue weighted by Crippen LogP contribution is 2.31. The third kappa shape index (κ3) is 2.76. The van der Waals surface area contributed by atoms with E-state index in [9.17, 15) is 20.3 Å². The van der Waals surface area contributed by atoms with E-state index < -0.39 is 4.92 Å². The van der Waals surface area contributed by atoms with E-state index in [0.717, 1.165) is 11.3 Å². The van der Waals surface area contributed by atoms with Crippen LogP contribution in [0.2, 0.25) is 0 Å². The van der Waals surface area contributed by atoms with Crippen molar-refractivity contribution >= 4 is 17.1 Å². The molecule has 0 saturated heterocycles. The van der Waals surface area contributed by atoms with Crippen molar-refractivity contribution in [3.63, 3.8) is 0 Å². The zero-order chi connectivity index (χ0) is 16.6. The molecule has 1 aliphatic rings. The van der Waals surface area contributed by atoms with E-state index in [0.29, 0.717) is 23.3 Å². The molecule has 0 radical (unpaired) electrons. The summed E-state index contributed by atoms with van der Waals surface area (Å²) in [6.07, 6.45) is 0.489. The number of non-ortho nitro benzene ring substituents is 1. The molecule has 0 saturated carbocycles. The van der Waals surface area contributed by atoms with E-state index in [1.54, 1.807) is 12.1 Å². The Labute approximate surface area is 131 Å². The first-order chi connectivity index (χ1) is 11.0. The highest BCUT2D eigenvalue weighted by atomic mass is 16.6. The van der Waals surface area contributed by atoms with Crippen molar-refractivity contribution in [2.45, 2.75) is 13.3 Å². The van der Waals surface area contributed by atoms with Gasteiger partial charge in [0.25, 0.3) is 5.69 Å². The zero-order valence-corrected chi connectivity index (χ0v) is 12.2. The Morgan fingerprint density at radius 3 is 2.39 bits per heavy atom. The number of fused-ring (bicyclic) bond motifs is 1. The van der Waals surface area contributed by atoms with Crippen LogP contribution in [0, 0.1) is 10.1 Å². The summed E-state index contributed by atoms with van der Waals surface area (Å²) in [6, 6.07) is 8.86. The van der Waals surface area contributed by atoms with Crippen molar-refractivity contribution in [2.24, 2.45) is 10.2 Å². The summed E-state index contributed by atoms with van der Waals surface area (Å²) < 4.78 is 0. The van der Waals surface area contributed by atoms with Crippen LogP contribution in [0.25, 0.3) is 0 Å². The number of rotatable bonds is 2. The molecule has 23 heavy (non-hydrogen) atoms. The van der Waals surface area contributed by atoms with E-state index >= 15 is 0 Å². The molecule has 0 amide bonds. The maximum Gasteiger partial charge on any atom is 0.269 e. The van der Waals surface area contributed by atoms with Gasteiger partial charge in [0.2, 0.25) is 0 Å². The SMILES string of the molecule is CC1=NN=C(c2ccc([N+](=O)[O-])cc2)c2cc(O)c(O)cc2C1. The number of nitrogens with zero attached hydrogens (tertiary/aromatic N) is 3. The molecule has 2 aromatic rings. The molecule has 0 aliphatic carbocycles. The van der Waals surface area contributed by atoms with Crippen molar-refractivity contribution in [3.8, 4) is 11.5 Å². The molecule has 0 atom stereocenters. The van der Waals surface area contributed by atoms with E-state index in [4.69, 9.17) is 0 Å². The highest BCUT2D eigenvalue weighted by Gasteiger charge is 2.19. The molecule has 2 N–H and O–H groups in total. The third-order valence-corrected chi connectivity index (χ3v) is 3.57. The van der Waals surface area contributed by atoms with Crippen molar-refractivity contribution in [3.05, 3.63) is 63.2 Å². The maximum absolute atomic E-state index is 10.8. The first-order valence-electron chi connectivity index (χ1n) is 6.87. The predicted molar refractivity (Wildman–Crippen MR) is 85.3 cm³/mol. The molecule has 0 spiro atoms. The van der Waals surface area contributed by atoms with Gasteiger partial charge in [0.15, 0.2) is 11.5 Å². The number of phenolic OH excluding ortho intramolecular Hbond substituents is 2. The second-order valence-electron chi connectivity index (χ2n) is 5.26. The van der Waals surface area contributed by atoms with Crippen LogP contribution >= 0.6 is 0 Å². The first-order valence-corrected chi connectivity index (χ1v) is 6.87. The van der Waals surface area contributed by atoms with Gasteiger partial charge in [0.05, 0.1) is 4.92 Å². The topological polar surface area (TPSA) is 108 Å². The molecule has 0 aromatic heterocycles. The summed E-state index contributed by atoms with van der Waals surface area (Å²) in [6.45, 7) is 1.82. The van der Waals surface area contributed by atoms with Crippen LogP contribution in [0.1, 0.15) is 23.6 Å². The monoisotopic (exact) mass is 311 g/mol. The zero-order valence-electron chi connectivity index (χ0n) is 12.2. The van der Waals surface area contributed by atoms with Gasteiger partial charge >= 0.3 is 0 Å². The molecule has 7 nitrogen and oxygen atoms in total. The average molecular weight is 311 g/mol. The molecule has 116 valence electrons. The number of hydrogen-bond acceptors (Lipinski definition) is 6. The number of phenols is 2. The second-order valence-corrected chi connectivity index (χ2v) is 5.26. The first kappa shape index (κ1) is 14.7. The number of aromatic hydroxyl groups is 2. The fourth-order valence-electron chi connectivity index (χ4n) is 2.44. The van der Waals surface area contributed by atoms with Gasteiger partial charge in [-0.05, 0) is 36.8 Å². The van der Waals surface area contributed by atoms with Gasteiger partial charge in [-0.25, -0.2) is 0 Å². The maximum atomic E-state index is 10.8. The van der Waals surface area contributed by atoms with Crippen molar-refractivity contribution in [1.29, 1.82) is 0 Å². The van der Waals surface area contributed by atoms with Crippen LogP contribution in [0.4, 0.5) is 5.69 Å². The quantitative estimate of drug-likeness (QED) is 0.505. The Balaban J connectivity index is 2.15. The van der Waals surface area contributed by atoms with Gasteiger partial charge in [0.1, 0.15) is 5.71 Å². The van der Waals surface area contributed by atoms with Gasteiger partial charge in [-0.3, -0.25) is 10.1 Å². The molecule has 0 bridgehead atoms. The smallest absolute Gasteiger partial charge is 0.269 e. The number of nitro groups is 1. The van der Waals surface area contributed by atoms with Crippen LogP contribution in [0.5, 0.6) is 11.5 Å². The number of benzene rings is 2. The van der Waals surface area contributed by atoms with Gasteiger partial charge < -0.3 is 10.2 Å². The molecule has 1 aliphatic heterocycles. The summed E-state index contributed by atoms with van der Waals surface area (Å²) in [5.41, 5.74) is 3.28. The van der Waals surface area contributed by atoms with Crippen molar-refractivity contribution < 1.29 is 15.1 Å². The summed E-state index contributed by atoms with van der Waals surface area (Å²) in [7, 11) is 0. The minimum atomic E-state index is -0.473. The third-order valence-electron chi connectivity index (χ3n) is 3.57. The molecule has 3 rings (SSSR count). The van der Waals surface area contributed by atoms with E-state index in [1.165, 1.54) is 24.3 Å². The van der Waals surface area contributed by atoms with E-state index in [-0.39, 0.29) is 17.2 Å². The minimum absolute atomic E-state index is 0.0172. The largest absolute Gasteiger partial charge is 0.504 e. The van der Waals surface area contributed by atoms with Gasteiger partial charge in [-0.1, -0.05) is 0 Å². The molecule has 0 unspecified atom stereocenters. The molecular formula is C16H13N3O4. The fraction of sp³-hybridized carbons (Fsp3) is 0.125. The standard InChI is InChI=1S/C16H13N3O4/c1-9-6-11-7-14(20)15(21)8-13(11)16(18-17-9)10-2-4-12(5-3-10)19(22)23/h2-5,7-8,20-21H,6H2,1H3. The lowest BCUT2D eigenvalue weighted by Crippen LogP contribution is -2.07. The number of nitro benzene ring substituents is 1. The van der Waals surface area contributed by atoms with Gasteiger partial charge in [-0.2, -0.15) is 5.10 Å². The minimum Gasteiger partial charge on any atom is -0.504 e. The fourth-order valence-corrected chi connectivity index (χ4v) is 2.44. The molecule has 7 heteroatoms. The van der Waals surface area contributed by atoms with E-state index in [1.807, 2.05) is 6.92 Å². The lowest BCUT2D eigenvalue weighted by atomic mass is 9.94. The van der Waals surface area contributed by atoms with Crippen molar-refractivity contribution in [1.82, 2.24) is 0 Å². The Hall–Kier alpha value is -3.22. The Morgan fingerprint density at radius 1 is 1.09 bits per heavy atom. The second kappa shape index (κ2) is 5.53. The summed E-state index contributed by atoms with van der Waals surface area (Å²) in [5.74, 6) is -0.459. The van der Waals surface area contributed by atoms with Crippen LogP contribution in [0.3, 0.4) is 0 Å². The van der Waals surface area contributed by atoms with Gasteiger partial charge in [-0.15, -0.1) is 5.10 Å².